The second kappa shape index (κ2) is 9.52. The Morgan fingerprint density at radius 3 is 2.53 bits per heavy atom. The van der Waals surface area contributed by atoms with Crippen LogP contribution in [0.25, 0.3) is 0 Å². The Morgan fingerprint density at radius 1 is 1.14 bits per heavy atom. The van der Waals surface area contributed by atoms with Crippen LogP contribution in [-0.4, -0.2) is 35.5 Å². The van der Waals surface area contributed by atoms with Gasteiger partial charge in [-0.15, -0.1) is 0 Å². The first kappa shape index (κ1) is 24.8. The lowest BCUT2D eigenvalue weighted by Gasteiger charge is -2.35. The van der Waals surface area contributed by atoms with E-state index in [4.69, 9.17) is 16.3 Å². The molecule has 0 radical (unpaired) electrons. The summed E-state index contributed by atoms with van der Waals surface area (Å²) in [6.45, 7) is 1.84. The largest absolute Gasteiger partial charge is 0.496 e. The molecule has 2 amide bonds. The van der Waals surface area contributed by atoms with Gasteiger partial charge in [0.05, 0.1) is 24.6 Å². The second-order valence-electron chi connectivity index (χ2n) is 10.3. The maximum Gasteiger partial charge on any atom is 0.324 e. The van der Waals surface area contributed by atoms with Crippen LogP contribution in [0.15, 0.2) is 42.5 Å². The van der Waals surface area contributed by atoms with Crippen molar-refractivity contribution in [3.63, 3.8) is 0 Å². The topological polar surface area (TPSA) is 95.9 Å². The van der Waals surface area contributed by atoms with Crippen molar-refractivity contribution in [2.75, 3.05) is 12.0 Å². The van der Waals surface area contributed by atoms with Crippen molar-refractivity contribution in [3.05, 3.63) is 58.6 Å². The number of nitrogens with zero attached hydrogens (tertiary/aromatic N) is 1. The first-order valence-corrected chi connectivity index (χ1v) is 12.9. The fourth-order valence-corrected chi connectivity index (χ4v) is 6.66. The van der Waals surface area contributed by atoms with Crippen LogP contribution in [0.2, 0.25) is 5.02 Å². The van der Waals surface area contributed by atoms with Crippen molar-refractivity contribution in [2.45, 2.75) is 57.0 Å². The molecule has 2 aliphatic heterocycles. The number of carbonyl (C=O) groups excluding carboxylic acids is 2. The van der Waals surface area contributed by atoms with E-state index in [0.717, 1.165) is 42.6 Å². The summed E-state index contributed by atoms with van der Waals surface area (Å²) in [7, 11) is 1.54. The molecule has 8 heteroatoms. The van der Waals surface area contributed by atoms with E-state index in [1.807, 2.05) is 25.1 Å². The highest BCUT2D eigenvalue weighted by Crippen LogP contribution is 2.53. The van der Waals surface area contributed by atoms with Gasteiger partial charge in [-0.1, -0.05) is 68.0 Å². The van der Waals surface area contributed by atoms with E-state index >= 15 is 0 Å². The molecule has 4 atom stereocenters. The summed E-state index contributed by atoms with van der Waals surface area (Å²) < 4.78 is 5.57. The van der Waals surface area contributed by atoms with Crippen LogP contribution in [0.1, 0.15) is 55.7 Å². The van der Waals surface area contributed by atoms with Crippen LogP contribution in [0, 0.1) is 24.7 Å². The molecule has 2 aromatic carbocycles. The summed E-state index contributed by atoms with van der Waals surface area (Å²) in [6, 6.07) is 11.6. The number of aliphatic carboxylic acids is 1. The Hall–Kier alpha value is -2.90. The molecule has 7 nitrogen and oxygen atoms in total. The van der Waals surface area contributed by atoms with Gasteiger partial charge in [0.25, 0.3) is 0 Å². The van der Waals surface area contributed by atoms with Crippen molar-refractivity contribution < 1.29 is 24.2 Å². The summed E-state index contributed by atoms with van der Waals surface area (Å²) in [4.78, 5) is 42.2. The van der Waals surface area contributed by atoms with Gasteiger partial charge < -0.3 is 9.84 Å². The average molecular weight is 511 g/mol. The van der Waals surface area contributed by atoms with E-state index in [-0.39, 0.29) is 5.92 Å². The minimum atomic E-state index is -1.56. The van der Waals surface area contributed by atoms with E-state index in [1.54, 1.807) is 31.4 Å². The van der Waals surface area contributed by atoms with Gasteiger partial charge in [-0.3, -0.25) is 19.7 Å². The molecule has 0 bridgehead atoms. The number of fused-ring (bicyclic) bond motifs is 1. The fraction of sp³-hybridized carbons (Fsp3) is 0.464. The first-order valence-electron chi connectivity index (χ1n) is 12.6. The number of aryl methyl sites for hydroxylation is 1. The SMILES string of the molecule is COc1ccccc1C1NC(CC2CCCCC2)(C(=O)O)C2C(=O)N(c3ccc(C)c(Cl)c3)C(=O)C12. The average Bonchev–Trinajstić information content (AvgIpc) is 3.35. The van der Waals surface area contributed by atoms with Crippen molar-refractivity contribution >= 4 is 35.1 Å². The normalized spacial score (nSPS) is 28.4. The van der Waals surface area contributed by atoms with Crippen LogP contribution in [0.3, 0.4) is 0 Å². The number of carbonyl (C=O) groups is 3. The zero-order valence-electron chi connectivity index (χ0n) is 20.5. The zero-order chi connectivity index (χ0) is 25.6. The maximum absolute atomic E-state index is 14.0. The van der Waals surface area contributed by atoms with E-state index in [9.17, 15) is 19.5 Å². The number of benzene rings is 2. The third kappa shape index (κ3) is 3.89. The summed E-state index contributed by atoms with van der Waals surface area (Å²) in [5, 5.41) is 14.4. The molecule has 2 aromatic rings. The number of carboxylic acid groups (broad SMARTS) is 1. The molecule has 4 unspecified atom stereocenters. The molecule has 2 N–H and O–H groups in total. The Bertz CT molecular complexity index is 1210. The highest BCUT2D eigenvalue weighted by Gasteiger charge is 2.69. The predicted molar refractivity (Wildman–Crippen MR) is 136 cm³/mol. The number of amides is 2. The third-order valence-electron chi connectivity index (χ3n) is 8.26. The van der Waals surface area contributed by atoms with E-state index in [0.29, 0.717) is 28.4 Å². The molecule has 36 heavy (non-hydrogen) atoms. The molecule has 190 valence electrons. The predicted octanol–water partition coefficient (Wildman–Crippen LogP) is 4.90. The number of hydrogen-bond acceptors (Lipinski definition) is 5. The van der Waals surface area contributed by atoms with Gasteiger partial charge in [0.1, 0.15) is 11.3 Å². The minimum Gasteiger partial charge on any atom is -0.496 e. The number of halogens is 1. The van der Waals surface area contributed by atoms with Gasteiger partial charge in [0, 0.05) is 16.6 Å². The number of ether oxygens (including phenoxy) is 1. The lowest BCUT2D eigenvalue weighted by Crippen LogP contribution is -2.57. The second-order valence-corrected chi connectivity index (χ2v) is 10.7. The first-order chi connectivity index (χ1) is 17.3. The number of carboxylic acids is 1. The lowest BCUT2D eigenvalue weighted by molar-refractivity contribution is -0.150. The monoisotopic (exact) mass is 510 g/mol. The molecule has 2 heterocycles. The number of methoxy groups -OCH3 is 1. The highest BCUT2D eigenvalue weighted by molar-refractivity contribution is 6.32. The Balaban J connectivity index is 1.64. The highest BCUT2D eigenvalue weighted by atomic mass is 35.5. The standard InChI is InChI=1S/C28H31ClN2O5/c1-16-12-13-18(14-20(16)29)31-25(32)22-23(26(31)33)28(27(34)35,15-17-8-4-3-5-9-17)30-24(22)19-10-6-7-11-21(19)36-2/h6-7,10-14,17,22-24,30H,3-5,8-9,15H2,1-2H3,(H,34,35). The molecule has 0 spiro atoms. The number of nitrogens with one attached hydrogen (secondary N) is 1. The molecule has 1 aliphatic carbocycles. The number of anilines is 1. The van der Waals surface area contributed by atoms with Crippen molar-refractivity contribution in [2.24, 2.45) is 17.8 Å². The number of para-hydroxylation sites is 1. The van der Waals surface area contributed by atoms with Gasteiger partial charge >= 0.3 is 5.97 Å². The van der Waals surface area contributed by atoms with Gasteiger partial charge in [-0.25, -0.2) is 4.90 Å². The maximum atomic E-state index is 14.0. The fourth-order valence-electron chi connectivity index (χ4n) is 6.49. The Morgan fingerprint density at radius 2 is 1.86 bits per heavy atom. The molecule has 1 saturated carbocycles. The van der Waals surface area contributed by atoms with Crippen LogP contribution in [0.4, 0.5) is 5.69 Å². The van der Waals surface area contributed by atoms with Crippen LogP contribution in [0.5, 0.6) is 5.75 Å². The number of rotatable bonds is 6. The van der Waals surface area contributed by atoms with Gasteiger partial charge in [0.15, 0.2) is 0 Å². The van der Waals surface area contributed by atoms with Crippen LogP contribution < -0.4 is 15.0 Å². The number of imide groups is 1. The summed E-state index contributed by atoms with van der Waals surface area (Å²) >= 11 is 6.34. The molecule has 5 rings (SSSR count). The molecule has 3 aliphatic rings. The van der Waals surface area contributed by atoms with Gasteiger partial charge in [-0.2, -0.15) is 0 Å². The summed E-state index contributed by atoms with van der Waals surface area (Å²) in [5.74, 6) is -3.21. The van der Waals surface area contributed by atoms with Crippen molar-refractivity contribution in [1.82, 2.24) is 5.32 Å². The smallest absolute Gasteiger partial charge is 0.324 e. The van der Waals surface area contributed by atoms with Gasteiger partial charge in [-0.05, 0) is 43.0 Å². The Labute approximate surface area is 215 Å². The molecule has 3 fully saturated rings. The van der Waals surface area contributed by atoms with Crippen LogP contribution in [-0.2, 0) is 14.4 Å². The molecule has 2 saturated heterocycles. The quantitative estimate of drug-likeness (QED) is 0.536. The van der Waals surface area contributed by atoms with E-state index < -0.39 is 41.2 Å². The minimum absolute atomic E-state index is 0.171. The molecule has 0 aromatic heterocycles. The molecular formula is C28H31ClN2O5. The third-order valence-corrected chi connectivity index (χ3v) is 8.67. The lowest BCUT2D eigenvalue weighted by atomic mass is 9.72. The van der Waals surface area contributed by atoms with Crippen molar-refractivity contribution in [1.29, 1.82) is 0 Å². The summed E-state index contributed by atoms with van der Waals surface area (Å²) in [6.07, 6.45) is 5.38. The zero-order valence-corrected chi connectivity index (χ0v) is 21.3. The van der Waals surface area contributed by atoms with Gasteiger partial charge in [0.2, 0.25) is 11.8 Å². The van der Waals surface area contributed by atoms with Crippen LogP contribution >= 0.6 is 11.6 Å². The summed E-state index contributed by atoms with van der Waals surface area (Å²) in [5.41, 5.74) is 0.302. The van der Waals surface area contributed by atoms with Crippen molar-refractivity contribution in [3.8, 4) is 5.75 Å². The molecular weight excluding hydrogens is 480 g/mol. The number of hydrogen-bond donors (Lipinski definition) is 2. The Kier molecular flexibility index (Phi) is 6.55. The van der Waals surface area contributed by atoms with E-state index in [2.05, 4.69) is 5.32 Å². The van der Waals surface area contributed by atoms with E-state index in [1.165, 1.54) is 0 Å².